The lowest BCUT2D eigenvalue weighted by Gasteiger charge is -2.33. The van der Waals surface area contributed by atoms with Gasteiger partial charge in [0.25, 0.3) is 0 Å². The summed E-state index contributed by atoms with van der Waals surface area (Å²) in [6.07, 6.45) is 3.56. The number of piperidine rings is 1. The van der Waals surface area contributed by atoms with E-state index in [9.17, 15) is 9.90 Å². The molecule has 5 heteroatoms. The number of carbonyl (C=O) groups excluding carboxylic acids is 1. The summed E-state index contributed by atoms with van der Waals surface area (Å²) in [7, 11) is 0. The summed E-state index contributed by atoms with van der Waals surface area (Å²) in [5, 5.41) is 10.9. The molecular formula is C15H17Cl2NO2. The molecule has 0 radical (unpaired) electrons. The van der Waals surface area contributed by atoms with Gasteiger partial charge in [-0.05, 0) is 42.2 Å². The van der Waals surface area contributed by atoms with Crippen molar-refractivity contribution in [2.24, 2.45) is 5.92 Å². The van der Waals surface area contributed by atoms with E-state index >= 15 is 0 Å². The molecule has 108 valence electrons. The molecule has 1 aliphatic rings. The molecule has 2 rings (SSSR count). The Bertz CT molecular complexity index is 510. The molecule has 1 heterocycles. The number of benzene rings is 1. The third kappa shape index (κ3) is 3.98. The number of amides is 1. The number of rotatable bonds is 2. The number of likely N-dealkylation sites (tertiary alicyclic amines) is 1. The van der Waals surface area contributed by atoms with E-state index < -0.39 is 6.10 Å². The van der Waals surface area contributed by atoms with E-state index in [-0.39, 0.29) is 11.8 Å². The smallest absolute Gasteiger partial charge is 0.246 e. The van der Waals surface area contributed by atoms with Gasteiger partial charge >= 0.3 is 0 Å². The summed E-state index contributed by atoms with van der Waals surface area (Å²) in [6, 6.07) is 5.12. The van der Waals surface area contributed by atoms with E-state index in [0.717, 1.165) is 12.0 Å². The first-order valence-corrected chi connectivity index (χ1v) is 7.32. The predicted octanol–water partition coefficient (Wildman–Crippen LogP) is 3.24. The van der Waals surface area contributed by atoms with Crippen LogP contribution in [0.2, 0.25) is 10.0 Å². The Hall–Kier alpha value is -1.03. The molecule has 1 fully saturated rings. The Morgan fingerprint density at radius 1 is 1.35 bits per heavy atom. The molecule has 0 saturated carbocycles. The average Bonchev–Trinajstić information content (AvgIpc) is 2.38. The molecule has 2 unspecified atom stereocenters. The van der Waals surface area contributed by atoms with Crippen molar-refractivity contribution in [3.8, 4) is 0 Å². The molecule has 1 aliphatic heterocycles. The number of aliphatic hydroxyl groups is 1. The zero-order valence-electron chi connectivity index (χ0n) is 11.2. The number of β-amino-alcohol motifs (C(OH)–C–C–N with tert-alkyl or cyclic N) is 1. The lowest BCUT2D eigenvalue weighted by molar-refractivity contribution is -0.130. The van der Waals surface area contributed by atoms with Gasteiger partial charge in [-0.25, -0.2) is 0 Å². The number of halogens is 2. The maximum absolute atomic E-state index is 12.1. The maximum Gasteiger partial charge on any atom is 0.246 e. The van der Waals surface area contributed by atoms with Crippen molar-refractivity contribution in [2.45, 2.75) is 19.4 Å². The van der Waals surface area contributed by atoms with Crippen LogP contribution in [0.1, 0.15) is 18.9 Å². The highest BCUT2D eigenvalue weighted by atomic mass is 35.5. The Balaban J connectivity index is 2.02. The minimum Gasteiger partial charge on any atom is -0.391 e. The number of hydrogen-bond acceptors (Lipinski definition) is 2. The van der Waals surface area contributed by atoms with Crippen LogP contribution in [0.4, 0.5) is 0 Å². The van der Waals surface area contributed by atoms with Crippen LogP contribution in [0.3, 0.4) is 0 Å². The molecule has 1 aromatic carbocycles. The molecule has 1 N–H and O–H groups in total. The predicted molar refractivity (Wildman–Crippen MR) is 81.9 cm³/mol. The SMILES string of the molecule is CC1CCN(C(=O)/C=C/c2cc(Cl)cc(Cl)c2)CC1O. The second kappa shape index (κ2) is 6.61. The largest absolute Gasteiger partial charge is 0.391 e. The summed E-state index contributed by atoms with van der Waals surface area (Å²) in [6.45, 7) is 3.06. The molecule has 1 aromatic rings. The Morgan fingerprint density at radius 3 is 2.60 bits per heavy atom. The van der Waals surface area contributed by atoms with E-state index in [1.807, 2.05) is 6.92 Å². The third-order valence-corrected chi connectivity index (χ3v) is 3.97. The minimum absolute atomic E-state index is 0.105. The van der Waals surface area contributed by atoms with E-state index in [0.29, 0.717) is 23.1 Å². The van der Waals surface area contributed by atoms with Crippen LogP contribution in [0.15, 0.2) is 24.3 Å². The lowest BCUT2D eigenvalue weighted by atomic mass is 9.96. The molecule has 0 aliphatic carbocycles. The molecular weight excluding hydrogens is 297 g/mol. The van der Waals surface area contributed by atoms with Gasteiger partial charge in [0.1, 0.15) is 0 Å². The van der Waals surface area contributed by atoms with Gasteiger partial charge in [-0.2, -0.15) is 0 Å². The van der Waals surface area contributed by atoms with E-state index in [4.69, 9.17) is 23.2 Å². The fourth-order valence-corrected chi connectivity index (χ4v) is 2.74. The second-order valence-electron chi connectivity index (χ2n) is 5.15. The fraction of sp³-hybridized carbons (Fsp3) is 0.400. The van der Waals surface area contributed by atoms with E-state index in [1.54, 1.807) is 29.2 Å². The van der Waals surface area contributed by atoms with Crippen molar-refractivity contribution in [3.05, 3.63) is 39.9 Å². The number of nitrogens with zero attached hydrogens (tertiary/aromatic N) is 1. The summed E-state index contributed by atoms with van der Waals surface area (Å²) in [5.41, 5.74) is 0.779. The van der Waals surface area contributed by atoms with Crippen molar-refractivity contribution in [1.82, 2.24) is 4.90 Å². The summed E-state index contributed by atoms with van der Waals surface area (Å²) < 4.78 is 0. The first-order chi connectivity index (χ1) is 9.45. The van der Waals surface area contributed by atoms with Crippen molar-refractivity contribution in [1.29, 1.82) is 0 Å². The second-order valence-corrected chi connectivity index (χ2v) is 6.03. The summed E-state index contributed by atoms with van der Waals surface area (Å²) >= 11 is 11.8. The molecule has 0 bridgehead atoms. The van der Waals surface area contributed by atoms with E-state index in [1.165, 1.54) is 6.08 Å². The first kappa shape index (κ1) is 15.4. The normalized spacial score (nSPS) is 23.3. The quantitative estimate of drug-likeness (QED) is 0.852. The maximum atomic E-state index is 12.1. The van der Waals surface area contributed by atoms with Gasteiger partial charge in [-0.3, -0.25) is 4.79 Å². The monoisotopic (exact) mass is 313 g/mol. The lowest BCUT2D eigenvalue weighted by Crippen LogP contribution is -2.45. The zero-order valence-corrected chi connectivity index (χ0v) is 12.7. The van der Waals surface area contributed by atoms with Crippen LogP contribution in [0.5, 0.6) is 0 Å². The highest BCUT2D eigenvalue weighted by Gasteiger charge is 2.26. The van der Waals surface area contributed by atoms with Gasteiger partial charge in [0.15, 0.2) is 0 Å². The van der Waals surface area contributed by atoms with Crippen LogP contribution in [0, 0.1) is 5.92 Å². The molecule has 2 atom stereocenters. The van der Waals surface area contributed by atoms with Crippen molar-refractivity contribution in [3.63, 3.8) is 0 Å². The Labute approximate surface area is 128 Å². The summed E-state index contributed by atoms with van der Waals surface area (Å²) in [4.78, 5) is 13.7. The van der Waals surface area contributed by atoms with Crippen molar-refractivity contribution in [2.75, 3.05) is 13.1 Å². The first-order valence-electron chi connectivity index (χ1n) is 6.57. The molecule has 3 nitrogen and oxygen atoms in total. The van der Waals surface area contributed by atoms with Crippen LogP contribution in [-0.4, -0.2) is 35.1 Å². The number of hydrogen-bond donors (Lipinski definition) is 1. The number of aliphatic hydroxyl groups excluding tert-OH is 1. The Morgan fingerprint density at radius 2 is 2.00 bits per heavy atom. The topological polar surface area (TPSA) is 40.5 Å². The Kier molecular flexibility index (Phi) is 5.08. The average molecular weight is 314 g/mol. The molecule has 20 heavy (non-hydrogen) atoms. The van der Waals surface area contributed by atoms with Gasteiger partial charge in [-0.15, -0.1) is 0 Å². The highest BCUT2D eigenvalue weighted by molar-refractivity contribution is 6.34. The molecule has 1 amide bonds. The van der Waals surface area contributed by atoms with Gasteiger partial charge in [-0.1, -0.05) is 30.1 Å². The van der Waals surface area contributed by atoms with Gasteiger partial charge < -0.3 is 10.0 Å². The van der Waals surface area contributed by atoms with Gasteiger partial charge in [0.05, 0.1) is 6.10 Å². The highest BCUT2D eigenvalue weighted by Crippen LogP contribution is 2.20. The molecule has 0 spiro atoms. The van der Waals surface area contributed by atoms with Gasteiger partial charge in [0.2, 0.25) is 5.91 Å². The molecule has 0 aromatic heterocycles. The van der Waals surface area contributed by atoms with Crippen molar-refractivity contribution >= 4 is 35.2 Å². The zero-order chi connectivity index (χ0) is 14.7. The minimum atomic E-state index is -0.443. The third-order valence-electron chi connectivity index (χ3n) is 3.53. The van der Waals surface area contributed by atoms with Crippen LogP contribution in [-0.2, 0) is 4.79 Å². The van der Waals surface area contributed by atoms with Gasteiger partial charge in [0, 0.05) is 29.2 Å². The van der Waals surface area contributed by atoms with Crippen LogP contribution in [0.25, 0.3) is 6.08 Å². The molecule has 1 saturated heterocycles. The standard InChI is InChI=1S/C15H17Cl2NO2/c1-10-4-5-18(9-14(10)19)15(20)3-2-11-6-12(16)8-13(17)7-11/h2-3,6-8,10,14,19H,4-5,9H2,1H3/b3-2+. The van der Waals surface area contributed by atoms with Crippen molar-refractivity contribution < 1.29 is 9.90 Å². The summed E-state index contributed by atoms with van der Waals surface area (Å²) in [5.74, 6) is 0.141. The van der Waals surface area contributed by atoms with Crippen LogP contribution < -0.4 is 0 Å². The number of carbonyl (C=O) groups is 1. The fourth-order valence-electron chi connectivity index (χ4n) is 2.19. The van der Waals surface area contributed by atoms with E-state index in [2.05, 4.69) is 0 Å². The van der Waals surface area contributed by atoms with Crippen LogP contribution >= 0.6 is 23.2 Å².